The van der Waals surface area contributed by atoms with Gasteiger partial charge in [0.05, 0.1) is 18.7 Å². The number of amides is 1. The van der Waals surface area contributed by atoms with Gasteiger partial charge in [0, 0.05) is 25.2 Å². The molecule has 0 N–H and O–H groups in total. The maximum atomic E-state index is 14.7. The van der Waals surface area contributed by atoms with E-state index < -0.39 is 28.8 Å². The van der Waals surface area contributed by atoms with Crippen LogP contribution in [0.15, 0.2) is 47.5 Å². The van der Waals surface area contributed by atoms with E-state index in [4.69, 9.17) is 9.47 Å². The second-order valence-electron chi connectivity index (χ2n) is 10.0. The van der Waals surface area contributed by atoms with Crippen molar-refractivity contribution in [3.05, 3.63) is 65.2 Å². The average molecular weight is 516 g/mol. The van der Waals surface area contributed by atoms with Gasteiger partial charge in [-0.05, 0) is 45.2 Å². The zero-order chi connectivity index (χ0) is 26.7. The van der Waals surface area contributed by atoms with Crippen molar-refractivity contribution in [3.63, 3.8) is 0 Å². The topological polar surface area (TPSA) is 80.7 Å². The number of rotatable bonds is 4. The molecule has 2 aromatic rings. The highest BCUT2D eigenvalue weighted by Crippen LogP contribution is 2.35. The maximum Gasteiger partial charge on any atom is 0.410 e. The van der Waals surface area contributed by atoms with Gasteiger partial charge >= 0.3 is 12.1 Å². The summed E-state index contributed by atoms with van der Waals surface area (Å²) in [6.45, 7) is 6.71. The second kappa shape index (κ2) is 10.7. The van der Waals surface area contributed by atoms with Crippen LogP contribution in [0.3, 0.4) is 0 Å². The van der Waals surface area contributed by atoms with Crippen LogP contribution in [0.4, 0.5) is 19.3 Å². The molecule has 0 aliphatic carbocycles. The molecule has 8 nitrogen and oxygen atoms in total. The number of halogens is 2. The predicted octanol–water partition coefficient (Wildman–Crippen LogP) is 5.21. The number of benzene rings is 2. The van der Waals surface area contributed by atoms with E-state index in [1.165, 1.54) is 0 Å². The minimum absolute atomic E-state index is 0.0614. The Kier molecular flexibility index (Phi) is 7.65. The van der Waals surface area contributed by atoms with Crippen LogP contribution in [0, 0.1) is 11.6 Å². The standard InChI is InChI=1S/C27H31F2N3O5/c1-27(2,3)37-26(34)31-12-10-18(11-13-31)32-23(17-8-6-5-7-9-17)16-36-25(32)30-22-14-19(24(33)35-4)20(28)15-21(22)29/h5-9,14-15,18,23H,10-13,16H2,1-4H3/t23-/m0/s1. The fraction of sp³-hybridized carbons (Fsp3) is 0.444. The van der Waals surface area contributed by atoms with Gasteiger partial charge in [0.25, 0.3) is 6.02 Å². The highest BCUT2D eigenvalue weighted by Gasteiger charge is 2.40. The number of nitrogens with zero attached hydrogens (tertiary/aromatic N) is 3. The van der Waals surface area contributed by atoms with Gasteiger partial charge in [-0.3, -0.25) is 0 Å². The third-order valence-corrected chi connectivity index (χ3v) is 6.28. The number of piperidine rings is 1. The number of methoxy groups -OCH3 is 1. The summed E-state index contributed by atoms with van der Waals surface area (Å²) in [5.74, 6) is -2.89. The lowest BCUT2D eigenvalue weighted by Gasteiger charge is -2.39. The summed E-state index contributed by atoms with van der Waals surface area (Å²) in [4.78, 5) is 32.5. The number of hydrogen-bond acceptors (Lipinski definition) is 6. The van der Waals surface area contributed by atoms with Gasteiger partial charge in [-0.15, -0.1) is 0 Å². The van der Waals surface area contributed by atoms with E-state index in [1.807, 2.05) is 56.0 Å². The van der Waals surface area contributed by atoms with E-state index in [-0.39, 0.29) is 36.5 Å². The highest BCUT2D eigenvalue weighted by atomic mass is 19.1. The van der Waals surface area contributed by atoms with Gasteiger partial charge < -0.3 is 24.0 Å². The van der Waals surface area contributed by atoms with E-state index in [1.54, 1.807) is 4.90 Å². The van der Waals surface area contributed by atoms with Crippen molar-refractivity contribution in [2.45, 2.75) is 51.3 Å². The molecule has 198 valence electrons. The Morgan fingerprint density at radius 3 is 2.35 bits per heavy atom. The SMILES string of the molecule is COC(=O)c1cc(N=C2OC[C@@H](c3ccccc3)N2C2CCN(C(=O)OC(C)(C)C)CC2)c(F)cc1F. The Bertz CT molecular complexity index is 1170. The van der Waals surface area contributed by atoms with Crippen LogP contribution in [-0.2, 0) is 14.2 Å². The van der Waals surface area contributed by atoms with Gasteiger partial charge in [-0.1, -0.05) is 30.3 Å². The molecule has 2 heterocycles. The molecule has 0 radical (unpaired) electrons. The molecule has 2 fully saturated rings. The van der Waals surface area contributed by atoms with Crippen LogP contribution in [0.25, 0.3) is 0 Å². The summed E-state index contributed by atoms with van der Waals surface area (Å²) >= 11 is 0. The van der Waals surface area contributed by atoms with Gasteiger partial charge in [0.15, 0.2) is 5.82 Å². The molecular formula is C27H31F2N3O5. The molecule has 2 aliphatic rings. The molecule has 10 heteroatoms. The summed E-state index contributed by atoms with van der Waals surface area (Å²) < 4.78 is 44.9. The Balaban J connectivity index is 1.63. The normalized spacial score (nSPS) is 19.6. The molecule has 2 aromatic carbocycles. The third-order valence-electron chi connectivity index (χ3n) is 6.28. The van der Waals surface area contributed by atoms with Crippen LogP contribution in [0.5, 0.6) is 0 Å². The molecule has 0 spiro atoms. The number of likely N-dealkylation sites (tertiary alicyclic amines) is 1. The Morgan fingerprint density at radius 2 is 1.73 bits per heavy atom. The van der Waals surface area contributed by atoms with Crippen LogP contribution in [-0.4, -0.2) is 66.3 Å². The van der Waals surface area contributed by atoms with E-state index >= 15 is 0 Å². The van der Waals surface area contributed by atoms with Crippen molar-refractivity contribution >= 4 is 23.8 Å². The Labute approximate surface area is 214 Å². The molecule has 0 saturated carbocycles. The smallest absolute Gasteiger partial charge is 0.410 e. The van der Waals surface area contributed by atoms with Crippen LogP contribution in [0.1, 0.15) is 55.6 Å². The molecule has 4 rings (SSSR count). The van der Waals surface area contributed by atoms with Crippen LogP contribution < -0.4 is 0 Å². The summed E-state index contributed by atoms with van der Waals surface area (Å²) in [6, 6.07) is 11.3. The average Bonchev–Trinajstić information content (AvgIpc) is 3.28. The molecule has 2 saturated heterocycles. The van der Waals surface area contributed by atoms with Crippen molar-refractivity contribution in [2.75, 3.05) is 26.8 Å². The minimum atomic E-state index is -1.03. The van der Waals surface area contributed by atoms with Crippen molar-refractivity contribution < 1.29 is 32.6 Å². The molecule has 2 aliphatic heterocycles. The number of aliphatic imine (C=N–C) groups is 1. The fourth-order valence-electron chi connectivity index (χ4n) is 4.52. The number of carbonyl (C=O) groups is 2. The Morgan fingerprint density at radius 1 is 1.05 bits per heavy atom. The molecule has 1 amide bonds. The van der Waals surface area contributed by atoms with E-state index in [2.05, 4.69) is 9.73 Å². The first kappa shape index (κ1) is 26.4. The number of esters is 1. The van der Waals surface area contributed by atoms with E-state index in [0.29, 0.717) is 32.0 Å². The fourth-order valence-corrected chi connectivity index (χ4v) is 4.52. The lowest BCUT2D eigenvalue weighted by Crippen LogP contribution is -2.49. The zero-order valence-corrected chi connectivity index (χ0v) is 21.4. The lowest BCUT2D eigenvalue weighted by molar-refractivity contribution is 0.0166. The first-order chi connectivity index (χ1) is 17.6. The third kappa shape index (κ3) is 6.00. The number of carbonyl (C=O) groups excluding carboxylic acids is 2. The first-order valence-corrected chi connectivity index (χ1v) is 12.2. The quantitative estimate of drug-likeness (QED) is 0.520. The molecule has 37 heavy (non-hydrogen) atoms. The summed E-state index contributed by atoms with van der Waals surface area (Å²) in [5.41, 5.74) is -0.242. The summed E-state index contributed by atoms with van der Waals surface area (Å²) in [7, 11) is 1.12. The summed E-state index contributed by atoms with van der Waals surface area (Å²) in [6.07, 6.45) is 0.870. The van der Waals surface area contributed by atoms with Gasteiger partial charge in [-0.25, -0.2) is 18.4 Å². The van der Waals surface area contributed by atoms with E-state index in [0.717, 1.165) is 18.7 Å². The van der Waals surface area contributed by atoms with Crippen LogP contribution in [0.2, 0.25) is 0 Å². The number of ether oxygens (including phenoxy) is 3. The maximum absolute atomic E-state index is 14.7. The van der Waals surface area contributed by atoms with Gasteiger partial charge in [0.2, 0.25) is 0 Å². The largest absolute Gasteiger partial charge is 0.465 e. The van der Waals surface area contributed by atoms with Crippen molar-refractivity contribution in [2.24, 2.45) is 4.99 Å². The highest BCUT2D eigenvalue weighted by molar-refractivity contribution is 5.91. The number of hydrogen-bond donors (Lipinski definition) is 0. The summed E-state index contributed by atoms with van der Waals surface area (Å²) in [5, 5.41) is 0. The number of amidine groups is 1. The molecule has 0 unspecified atom stereocenters. The monoisotopic (exact) mass is 515 g/mol. The van der Waals surface area contributed by atoms with Crippen molar-refractivity contribution in [3.8, 4) is 0 Å². The second-order valence-corrected chi connectivity index (χ2v) is 10.0. The first-order valence-electron chi connectivity index (χ1n) is 12.2. The molecular weight excluding hydrogens is 484 g/mol. The van der Waals surface area contributed by atoms with Gasteiger partial charge in [-0.2, -0.15) is 4.99 Å². The Hall–Kier alpha value is -3.69. The molecule has 0 bridgehead atoms. The van der Waals surface area contributed by atoms with Crippen molar-refractivity contribution in [1.29, 1.82) is 0 Å². The zero-order valence-electron chi connectivity index (χ0n) is 21.4. The minimum Gasteiger partial charge on any atom is -0.465 e. The van der Waals surface area contributed by atoms with E-state index in [9.17, 15) is 18.4 Å². The lowest BCUT2D eigenvalue weighted by atomic mass is 9.99. The van der Waals surface area contributed by atoms with Gasteiger partial charge in [0.1, 0.15) is 23.7 Å². The van der Waals surface area contributed by atoms with Crippen molar-refractivity contribution in [1.82, 2.24) is 9.80 Å². The molecule has 0 aromatic heterocycles. The van der Waals surface area contributed by atoms with Crippen LogP contribution >= 0.6 is 0 Å². The predicted molar refractivity (Wildman–Crippen MR) is 133 cm³/mol. The molecule has 1 atom stereocenters.